The molecular formula is C67H114O5. The Bertz CT molecular complexity index is 1410. The molecular weight excluding hydrogens is 885 g/mol. The molecule has 0 spiro atoms. The third kappa shape index (κ3) is 59.1. The molecule has 0 aromatic heterocycles. The zero-order valence-electron chi connectivity index (χ0n) is 47.4. The van der Waals surface area contributed by atoms with Gasteiger partial charge in [0.2, 0.25) is 0 Å². The van der Waals surface area contributed by atoms with E-state index < -0.39 is 6.10 Å². The fourth-order valence-corrected chi connectivity index (χ4v) is 8.35. The van der Waals surface area contributed by atoms with E-state index in [9.17, 15) is 9.59 Å². The second kappa shape index (κ2) is 61.9. The fourth-order valence-electron chi connectivity index (χ4n) is 8.35. The number of hydrogen-bond donors (Lipinski definition) is 0. The van der Waals surface area contributed by atoms with Gasteiger partial charge in [-0.3, -0.25) is 9.59 Å². The number of carbonyl (C=O) groups excluding carboxylic acids is 2. The molecule has 0 bridgehead atoms. The van der Waals surface area contributed by atoms with Crippen molar-refractivity contribution in [1.29, 1.82) is 0 Å². The maximum atomic E-state index is 12.9. The van der Waals surface area contributed by atoms with E-state index in [0.717, 1.165) is 109 Å². The first-order valence-corrected chi connectivity index (χ1v) is 30.4. The number of esters is 2. The van der Waals surface area contributed by atoms with Crippen molar-refractivity contribution in [3.8, 4) is 0 Å². The average molecular weight is 1000 g/mol. The lowest BCUT2D eigenvalue weighted by atomic mass is 10.0. The standard InChI is InChI=1S/C67H114O5/c1-4-7-10-13-16-19-22-25-28-31-33-35-38-41-44-47-50-53-56-59-62-70-63-65(72-67(69)61-58-55-52-49-46-43-40-36-30-27-24-21-18-15-12-9-6-3)64-71-66(68)60-57-54-51-48-45-42-39-37-34-32-29-26-23-20-17-14-11-8-5-2/h7-8,10-11,16-17,19-20,25-26,28-29,33-35,37,42,45,65H,4-6,9,12-15,18,21-24,27,30-32,36,38-41,43-44,46-64H2,1-3H3/b10-7-,11-8-,19-16-,20-17-,28-25-,29-26-,35-33-,37-34-,45-42-. The highest BCUT2D eigenvalue weighted by Crippen LogP contribution is 2.16. The summed E-state index contributed by atoms with van der Waals surface area (Å²) in [6.07, 6.45) is 85.5. The Morgan fingerprint density at radius 3 is 1.01 bits per heavy atom. The topological polar surface area (TPSA) is 61.8 Å². The second-order valence-corrected chi connectivity index (χ2v) is 19.8. The fraction of sp³-hybridized carbons (Fsp3) is 0.701. The molecule has 0 N–H and O–H groups in total. The van der Waals surface area contributed by atoms with Gasteiger partial charge in [0.25, 0.3) is 0 Å². The zero-order valence-corrected chi connectivity index (χ0v) is 47.4. The Kier molecular flexibility index (Phi) is 58.9. The maximum Gasteiger partial charge on any atom is 0.306 e. The van der Waals surface area contributed by atoms with E-state index >= 15 is 0 Å². The molecule has 0 aromatic carbocycles. The molecule has 0 fully saturated rings. The second-order valence-electron chi connectivity index (χ2n) is 19.8. The first-order chi connectivity index (χ1) is 35.6. The Hall–Kier alpha value is -3.44. The van der Waals surface area contributed by atoms with Crippen LogP contribution in [-0.4, -0.2) is 37.9 Å². The molecule has 0 aromatic rings. The molecule has 0 rings (SSSR count). The maximum absolute atomic E-state index is 12.9. The van der Waals surface area contributed by atoms with E-state index in [-0.39, 0.29) is 25.2 Å². The lowest BCUT2D eigenvalue weighted by Crippen LogP contribution is -2.30. The predicted octanol–water partition coefficient (Wildman–Crippen LogP) is 21.1. The number of rotatable bonds is 55. The van der Waals surface area contributed by atoms with Crippen LogP contribution in [0.3, 0.4) is 0 Å². The predicted molar refractivity (Wildman–Crippen MR) is 316 cm³/mol. The van der Waals surface area contributed by atoms with E-state index in [1.165, 1.54) is 135 Å². The number of unbranched alkanes of at least 4 members (excludes halogenated alkanes) is 26. The molecule has 5 heteroatoms. The summed E-state index contributed by atoms with van der Waals surface area (Å²) >= 11 is 0. The van der Waals surface area contributed by atoms with Gasteiger partial charge in [-0.1, -0.05) is 271 Å². The van der Waals surface area contributed by atoms with Gasteiger partial charge < -0.3 is 14.2 Å². The van der Waals surface area contributed by atoms with Crippen LogP contribution in [0.2, 0.25) is 0 Å². The van der Waals surface area contributed by atoms with Gasteiger partial charge in [-0.2, -0.15) is 0 Å². The van der Waals surface area contributed by atoms with E-state index in [1.54, 1.807) is 0 Å². The monoisotopic (exact) mass is 999 g/mol. The molecule has 0 aliphatic carbocycles. The van der Waals surface area contributed by atoms with Crippen LogP contribution in [0.1, 0.15) is 278 Å². The van der Waals surface area contributed by atoms with Crippen LogP contribution in [0.4, 0.5) is 0 Å². The van der Waals surface area contributed by atoms with E-state index in [0.29, 0.717) is 19.4 Å². The van der Waals surface area contributed by atoms with Gasteiger partial charge >= 0.3 is 11.9 Å². The van der Waals surface area contributed by atoms with Crippen molar-refractivity contribution in [2.75, 3.05) is 19.8 Å². The van der Waals surface area contributed by atoms with Crippen LogP contribution in [0.15, 0.2) is 109 Å². The number of hydrogen-bond acceptors (Lipinski definition) is 5. The third-order valence-corrected chi connectivity index (χ3v) is 12.8. The molecule has 72 heavy (non-hydrogen) atoms. The summed E-state index contributed by atoms with van der Waals surface area (Å²) in [6, 6.07) is 0. The largest absolute Gasteiger partial charge is 0.462 e. The van der Waals surface area contributed by atoms with Crippen LogP contribution in [0.5, 0.6) is 0 Å². The molecule has 0 saturated heterocycles. The number of carbonyl (C=O) groups is 2. The minimum atomic E-state index is -0.562. The molecule has 1 unspecified atom stereocenters. The Labute approximate surface area is 446 Å². The zero-order chi connectivity index (χ0) is 52.0. The Balaban J connectivity index is 4.37. The van der Waals surface area contributed by atoms with Gasteiger partial charge in [0.15, 0.2) is 6.10 Å². The normalized spacial score (nSPS) is 13.0. The highest BCUT2D eigenvalue weighted by molar-refractivity contribution is 5.70. The van der Waals surface area contributed by atoms with Crippen LogP contribution >= 0.6 is 0 Å². The third-order valence-electron chi connectivity index (χ3n) is 12.8. The minimum Gasteiger partial charge on any atom is -0.462 e. The van der Waals surface area contributed by atoms with Crippen molar-refractivity contribution >= 4 is 11.9 Å². The lowest BCUT2D eigenvalue weighted by Gasteiger charge is -2.18. The molecule has 5 nitrogen and oxygen atoms in total. The van der Waals surface area contributed by atoms with Crippen LogP contribution in [0.25, 0.3) is 0 Å². The summed E-state index contributed by atoms with van der Waals surface area (Å²) in [5, 5.41) is 0. The quantitative estimate of drug-likeness (QED) is 0.0345. The molecule has 1 atom stereocenters. The van der Waals surface area contributed by atoms with Gasteiger partial charge in [0.05, 0.1) is 6.61 Å². The highest BCUT2D eigenvalue weighted by Gasteiger charge is 2.17. The smallest absolute Gasteiger partial charge is 0.306 e. The van der Waals surface area contributed by atoms with E-state index in [4.69, 9.17) is 14.2 Å². The molecule has 412 valence electrons. The lowest BCUT2D eigenvalue weighted by molar-refractivity contribution is -0.163. The first-order valence-electron chi connectivity index (χ1n) is 30.4. The molecule has 0 saturated carbocycles. The van der Waals surface area contributed by atoms with Gasteiger partial charge in [0.1, 0.15) is 6.61 Å². The van der Waals surface area contributed by atoms with Crippen molar-refractivity contribution in [1.82, 2.24) is 0 Å². The average Bonchev–Trinajstić information content (AvgIpc) is 3.38. The summed E-state index contributed by atoms with van der Waals surface area (Å²) in [4.78, 5) is 25.6. The van der Waals surface area contributed by atoms with Crippen LogP contribution in [0, 0.1) is 0 Å². The van der Waals surface area contributed by atoms with Crippen molar-refractivity contribution in [2.24, 2.45) is 0 Å². The molecule has 0 amide bonds. The van der Waals surface area contributed by atoms with Gasteiger partial charge in [-0.25, -0.2) is 0 Å². The summed E-state index contributed by atoms with van der Waals surface area (Å²) < 4.78 is 17.5. The summed E-state index contributed by atoms with van der Waals surface area (Å²) in [5.74, 6) is -0.435. The van der Waals surface area contributed by atoms with E-state index in [1.807, 2.05) is 0 Å². The summed E-state index contributed by atoms with van der Waals surface area (Å²) in [5.41, 5.74) is 0. The Morgan fingerprint density at radius 1 is 0.319 bits per heavy atom. The van der Waals surface area contributed by atoms with Crippen molar-refractivity contribution in [2.45, 2.75) is 284 Å². The number of allylic oxidation sites excluding steroid dienone is 18. The highest BCUT2D eigenvalue weighted by atomic mass is 16.6. The Morgan fingerprint density at radius 2 is 0.625 bits per heavy atom. The van der Waals surface area contributed by atoms with Gasteiger partial charge in [-0.15, -0.1) is 0 Å². The van der Waals surface area contributed by atoms with Crippen LogP contribution in [-0.2, 0) is 23.8 Å². The first kappa shape index (κ1) is 68.6. The van der Waals surface area contributed by atoms with Crippen molar-refractivity contribution in [3.63, 3.8) is 0 Å². The number of ether oxygens (including phenoxy) is 3. The van der Waals surface area contributed by atoms with Gasteiger partial charge in [0, 0.05) is 19.4 Å². The molecule has 0 heterocycles. The van der Waals surface area contributed by atoms with Crippen molar-refractivity contribution in [3.05, 3.63) is 109 Å². The summed E-state index contributed by atoms with van der Waals surface area (Å²) in [6.45, 7) is 7.57. The van der Waals surface area contributed by atoms with E-state index in [2.05, 4.69) is 130 Å². The molecule has 0 aliphatic rings. The SMILES string of the molecule is CC/C=C\C/C=C\C/C=C\C/C=C\C/C=C\CCCCCC(=O)OCC(COCCCCCCCCC/C=C\C/C=C\C/C=C\C/C=C\CC)OC(=O)CCCCCCCCCCCCCCCCCCC. The van der Waals surface area contributed by atoms with Gasteiger partial charge in [-0.05, 0) is 103 Å². The minimum absolute atomic E-state index is 0.0601. The van der Waals surface area contributed by atoms with Crippen molar-refractivity contribution < 1.29 is 23.8 Å². The van der Waals surface area contributed by atoms with Crippen LogP contribution < -0.4 is 0 Å². The molecule has 0 radical (unpaired) electrons. The molecule has 0 aliphatic heterocycles. The summed E-state index contributed by atoms with van der Waals surface area (Å²) in [7, 11) is 0.